The van der Waals surface area contributed by atoms with Gasteiger partial charge in [0.1, 0.15) is 5.75 Å². The van der Waals surface area contributed by atoms with Gasteiger partial charge in [-0.1, -0.05) is 24.3 Å². The maximum atomic E-state index is 9.83. The van der Waals surface area contributed by atoms with Crippen LogP contribution in [-0.2, 0) is 6.42 Å². The molecule has 0 spiro atoms. The highest BCUT2D eigenvalue weighted by Gasteiger charge is 2.06. The number of hydrogen-bond acceptors (Lipinski definition) is 3. The van der Waals surface area contributed by atoms with Crippen LogP contribution < -0.4 is 4.74 Å². The second kappa shape index (κ2) is 6.42. The highest BCUT2D eigenvalue weighted by atomic mass is 32.1. The molecule has 1 N–H and O–H groups in total. The maximum absolute atomic E-state index is 9.83. The minimum Gasteiger partial charge on any atom is -0.493 e. The molecule has 3 heteroatoms. The molecule has 1 aromatic heterocycles. The average Bonchev–Trinajstić information content (AvgIpc) is 2.83. The first-order valence-electron chi connectivity index (χ1n) is 5.73. The molecule has 0 aliphatic carbocycles. The fourth-order valence-electron chi connectivity index (χ4n) is 1.59. The molecule has 0 amide bonds. The molecule has 0 fully saturated rings. The molecule has 0 saturated carbocycles. The molecule has 2 rings (SSSR count). The summed E-state index contributed by atoms with van der Waals surface area (Å²) in [5, 5.41) is 11.9. The summed E-state index contributed by atoms with van der Waals surface area (Å²) < 4.78 is 5.54. The monoisotopic (exact) mass is 248 g/mol. The third kappa shape index (κ3) is 4.21. The number of ether oxygens (including phenoxy) is 1. The molecule has 17 heavy (non-hydrogen) atoms. The number of hydrogen-bond donors (Lipinski definition) is 1. The molecular formula is C14H16O2S. The van der Waals surface area contributed by atoms with Crippen LogP contribution in [0.4, 0.5) is 0 Å². The summed E-state index contributed by atoms with van der Waals surface area (Å²) in [5.41, 5.74) is 0. The predicted octanol–water partition coefficient (Wildman–Crippen LogP) is 3.12. The topological polar surface area (TPSA) is 29.5 Å². The molecule has 0 bridgehead atoms. The van der Waals surface area contributed by atoms with Gasteiger partial charge >= 0.3 is 0 Å². The van der Waals surface area contributed by atoms with E-state index in [0.717, 1.165) is 12.2 Å². The molecule has 1 unspecified atom stereocenters. The van der Waals surface area contributed by atoms with E-state index in [1.54, 1.807) is 11.3 Å². The number of rotatable bonds is 6. The Labute approximate surface area is 105 Å². The van der Waals surface area contributed by atoms with E-state index in [1.807, 2.05) is 47.8 Å². The third-order valence-electron chi connectivity index (χ3n) is 2.48. The molecule has 1 heterocycles. The first kappa shape index (κ1) is 12.1. The second-order valence-electron chi connectivity index (χ2n) is 3.89. The van der Waals surface area contributed by atoms with Crippen molar-refractivity contribution in [3.8, 4) is 5.75 Å². The maximum Gasteiger partial charge on any atom is 0.119 e. The van der Waals surface area contributed by atoms with Crippen LogP contribution in [0.5, 0.6) is 5.75 Å². The van der Waals surface area contributed by atoms with Crippen molar-refractivity contribution in [2.75, 3.05) is 6.61 Å². The molecule has 0 radical (unpaired) electrons. The van der Waals surface area contributed by atoms with Gasteiger partial charge in [0.2, 0.25) is 0 Å². The zero-order chi connectivity index (χ0) is 11.9. The van der Waals surface area contributed by atoms with Crippen LogP contribution in [0.3, 0.4) is 0 Å². The van der Waals surface area contributed by atoms with Crippen molar-refractivity contribution in [3.63, 3.8) is 0 Å². The van der Waals surface area contributed by atoms with Gasteiger partial charge in [-0.15, -0.1) is 11.3 Å². The van der Waals surface area contributed by atoms with Crippen molar-refractivity contribution in [3.05, 3.63) is 52.7 Å². The standard InChI is InChI=1S/C14H16O2S/c15-12(11-14-7-4-10-17-14)8-9-16-13-5-2-1-3-6-13/h1-7,10,12,15H,8-9,11H2. The zero-order valence-corrected chi connectivity index (χ0v) is 10.4. The van der Waals surface area contributed by atoms with E-state index in [1.165, 1.54) is 4.88 Å². The highest BCUT2D eigenvalue weighted by molar-refractivity contribution is 7.09. The van der Waals surface area contributed by atoms with Gasteiger partial charge in [-0.25, -0.2) is 0 Å². The van der Waals surface area contributed by atoms with Crippen LogP contribution in [-0.4, -0.2) is 17.8 Å². The summed E-state index contributed by atoms with van der Waals surface area (Å²) in [6.07, 6.45) is 1.06. The van der Waals surface area contributed by atoms with Crippen LogP contribution in [0.25, 0.3) is 0 Å². The Balaban J connectivity index is 1.68. The number of aliphatic hydroxyl groups excluding tert-OH is 1. The van der Waals surface area contributed by atoms with Crippen molar-refractivity contribution in [1.82, 2.24) is 0 Å². The Hall–Kier alpha value is -1.32. The molecule has 90 valence electrons. The number of aliphatic hydroxyl groups is 1. The summed E-state index contributed by atoms with van der Waals surface area (Å²) in [6, 6.07) is 13.7. The van der Waals surface area contributed by atoms with E-state index in [0.29, 0.717) is 13.0 Å². The van der Waals surface area contributed by atoms with Crippen LogP contribution in [0.1, 0.15) is 11.3 Å². The lowest BCUT2D eigenvalue weighted by atomic mass is 10.2. The molecule has 2 aromatic rings. The lowest BCUT2D eigenvalue weighted by molar-refractivity contribution is 0.140. The predicted molar refractivity (Wildman–Crippen MR) is 70.6 cm³/mol. The van der Waals surface area contributed by atoms with Gasteiger partial charge in [0.15, 0.2) is 0 Å². The Morgan fingerprint density at radius 1 is 1.12 bits per heavy atom. The number of para-hydroxylation sites is 1. The minimum atomic E-state index is -0.322. The van der Waals surface area contributed by atoms with Crippen LogP contribution >= 0.6 is 11.3 Å². The highest BCUT2D eigenvalue weighted by Crippen LogP contribution is 2.13. The van der Waals surface area contributed by atoms with E-state index in [2.05, 4.69) is 0 Å². The fourth-order valence-corrected chi connectivity index (χ4v) is 2.37. The van der Waals surface area contributed by atoms with Gasteiger partial charge in [0.05, 0.1) is 12.7 Å². The van der Waals surface area contributed by atoms with Crippen LogP contribution in [0, 0.1) is 0 Å². The summed E-state index contributed by atoms with van der Waals surface area (Å²) in [6.45, 7) is 0.552. The van der Waals surface area contributed by atoms with Gasteiger partial charge in [0.25, 0.3) is 0 Å². The van der Waals surface area contributed by atoms with Crippen molar-refractivity contribution in [2.45, 2.75) is 18.9 Å². The molecule has 1 aromatic carbocycles. The summed E-state index contributed by atoms with van der Waals surface area (Å²) in [7, 11) is 0. The minimum absolute atomic E-state index is 0.322. The van der Waals surface area contributed by atoms with E-state index in [-0.39, 0.29) is 6.10 Å². The summed E-state index contributed by atoms with van der Waals surface area (Å²) in [4.78, 5) is 1.22. The quantitative estimate of drug-likeness (QED) is 0.851. The lowest BCUT2D eigenvalue weighted by Crippen LogP contribution is -2.14. The van der Waals surface area contributed by atoms with E-state index < -0.39 is 0 Å². The Kier molecular flexibility index (Phi) is 4.59. The first-order valence-corrected chi connectivity index (χ1v) is 6.61. The Morgan fingerprint density at radius 3 is 2.65 bits per heavy atom. The summed E-state index contributed by atoms with van der Waals surface area (Å²) in [5.74, 6) is 0.857. The molecule has 0 aliphatic rings. The average molecular weight is 248 g/mol. The van der Waals surface area contributed by atoms with Gasteiger partial charge in [-0.05, 0) is 23.6 Å². The van der Waals surface area contributed by atoms with Crippen molar-refractivity contribution in [2.24, 2.45) is 0 Å². The SMILES string of the molecule is OC(CCOc1ccccc1)Cc1cccs1. The Bertz CT molecular complexity index is 411. The Morgan fingerprint density at radius 2 is 1.94 bits per heavy atom. The third-order valence-corrected chi connectivity index (χ3v) is 3.38. The molecule has 0 aliphatic heterocycles. The van der Waals surface area contributed by atoms with Crippen LogP contribution in [0.15, 0.2) is 47.8 Å². The van der Waals surface area contributed by atoms with E-state index >= 15 is 0 Å². The molecule has 0 saturated heterocycles. The smallest absolute Gasteiger partial charge is 0.119 e. The van der Waals surface area contributed by atoms with Gasteiger partial charge in [-0.2, -0.15) is 0 Å². The van der Waals surface area contributed by atoms with Gasteiger partial charge in [0, 0.05) is 17.7 Å². The van der Waals surface area contributed by atoms with Crippen molar-refractivity contribution < 1.29 is 9.84 Å². The first-order chi connectivity index (χ1) is 8.34. The second-order valence-corrected chi connectivity index (χ2v) is 4.92. The van der Waals surface area contributed by atoms with Crippen LogP contribution in [0.2, 0.25) is 0 Å². The molecular weight excluding hydrogens is 232 g/mol. The van der Waals surface area contributed by atoms with Crippen molar-refractivity contribution >= 4 is 11.3 Å². The van der Waals surface area contributed by atoms with E-state index in [9.17, 15) is 5.11 Å². The number of thiophene rings is 1. The summed E-state index contributed by atoms with van der Waals surface area (Å²) >= 11 is 1.68. The van der Waals surface area contributed by atoms with Crippen molar-refractivity contribution in [1.29, 1.82) is 0 Å². The van der Waals surface area contributed by atoms with Gasteiger partial charge < -0.3 is 9.84 Å². The zero-order valence-electron chi connectivity index (χ0n) is 9.58. The van der Waals surface area contributed by atoms with Gasteiger partial charge in [-0.3, -0.25) is 0 Å². The van der Waals surface area contributed by atoms with E-state index in [4.69, 9.17) is 4.74 Å². The normalized spacial score (nSPS) is 12.3. The molecule has 2 nitrogen and oxygen atoms in total. The largest absolute Gasteiger partial charge is 0.493 e. The fraction of sp³-hybridized carbons (Fsp3) is 0.286. The molecule has 1 atom stereocenters. The number of benzene rings is 1. The lowest BCUT2D eigenvalue weighted by Gasteiger charge is -2.10.